The fourth-order valence-corrected chi connectivity index (χ4v) is 2.02. The number of hydrogen-bond acceptors (Lipinski definition) is 3. The van der Waals surface area contributed by atoms with Gasteiger partial charge in [-0.3, -0.25) is 4.79 Å². The molecular formula is C15H24N2O2. The molecule has 1 aromatic rings. The molecule has 0 saturated carbocycles. The quantitative estimate of drug-likeness (QED) is 0.782. The molecule has 0 amide bonds. The van der Waals surface area contributed by atoms with Gasteiger partial charge in [0.05, 0.1) is 0 Å². The highest BCUT2D eigenvalue weighted by molar-refractivity contribution is 5.73. The Morgan fingerprint density at radius 1 is 1.11 bits per heavy atom. The second-order valence-electron chi connectivity index (χ2n) is 4.68. The highest BCUT2D eigenvalue weighted by Crippen LogP contribution is 2.14. The van der Waals surface area contributed by atoms with E-state index in [4.69, 9.17) is 5.11 Å². The summed E-state index contributed by atoms with van der Waals surface area (Å²) >= 11 is 0. The van der Waals surface area contributed by atoms with Crippen LogP contribution in [-0.2, 0) is 4.79 Å². The van der Waals surface area contributed by atoms with Crippen LogP contribution in [0, 0.1) is 6.92 Å². The molecule has 0 atom stereocenters. The number of carboxylic acids is 1. The Hall–Kier alpha value is -1.55. The van der Waals surface area contributed by atoms with Gasteiger partial charge in [0.25, 0.3) is 0 Å². The third-order valence-electron chi connectivity index (χ3n) is 3.31. The summed E-state index contributed by atoms with van der Waals surface area (Å²) < 4.78 is 0. The molecular weight excluding hydrogens is 240 g/mol. The summed E-state index contributed by atoms with van der Waals surface area (Å²) in [5.74, 6) is -0.792. The molecule has 0 heterocycles. The van der Waals surface area contributed by atoms with Crippen LogP contribution in [0.3, 0.4) is 0 Å². The molecule has 0 radical (unpaired) electrons. The number of nitrogens with zero attached hydrogens (tertiary/aromatic N) is 2. The Morgan fingerprint density at radius 3 is 2.16 bits per heavy atom. The Labute approximate surface area is 115 Å². The first-order valence-corrected chi connectivity index (χ1v) is 6.82. The first-order valence-electron chi connectivity index (χ1n) is 6.82. The maximum absolute atomic E-state index is 11.0. The summed E-state index contributed by atoms with van der Waals surface area (Å²) in [6.45, 7) is 9.92. The number of likely N-dealkylation sites (N-methyl/N-ethyl adjacent to an activating group) is 1. The van der Waals surface area contributed by atoms with E-state index >= 15 is 0 Å². The molecule has 1 rings (SSSR count). The van der Waals surface area contributed by atoms with Crippen molar-refractivity contribution in [2.45, 2.75) is 20.8 Å². The number of carbonyl (C=O) groups is 1. The van der Waals surface area contributed by atoms with Crippen molar-refractivity contribution in [3.8, 4) is 0 Å². The number of aliphatic carboxylic acids is 1. The van der Waals surface area contributed by atoms with Crippen LogP contribution in [0.15, 0.2) is 24.3 Å². The summed E-state index contributed by atoms with van der Waals surface area (Å²) in [5.41, 5.74) is 2.16. The van der Waals surface area contributed by atoms with Gasteiger partial charge in [0, 0.05) is 18.8 Å². The lowest BCUT2D eigenvalue weighted by molar-refractivity contribution is -0.135. The van der Waals surface area contributed by atoms with Crippen molar-refractivity contribution in [2.75, 3.05) is 37.6 Å². The van der Waals surface area contributed by atoms with E-state index in [2.05, 4.69) is 18.7 Å². The monoisotopic (exact) mass is 264 g/mol. The molecule has 4 nitrogen and oxygen atoms in total. The highest BCUT2D eigenvalue weighted by Gasteiger charge is 2.11. The zero-order chi connectivity index (χ0) is 14.3. The number of rotatable bonds is 8. The lowest BCUT2D eigenvalue weighted by Crippen LogP contribution is -2.37. The molecule has 106 valence electrons. The van der Waals surface area contributed by atoms with Gasteiger partial charge in [-0.05, 0) is 32.1 Å². The molecule has 0 aromatic heterocycles. The SMILES string of the molecule is CCN(CC)CCN(CC(=O)O)c1ccc(C)cc1. The van der Waals surface area contributed by atoms with E-state index in [9.17, 15) is 4.79 Å². The molecule has 0 fully saturated rings. The molecule has 0 spiro atoms. The zero-order valence-corrected chi connectivity index (χ0v) is 12.1. The number of aryl methyl sites for hydroxylation is 1. The van der Waals surface area contributed by atoms with Crippen molar-refractivity contribution in [1.82, 2.24) is 4.90 Å². The van der Waals surface area contributed by atoms with E-state index in [0.717, 1.165) is 31.9 Å². The van der Waals surface area contributed by atoms with E-state index in [1.54, 1.807) is 0 Å². The van der Waals surface area contributed by atoms with Crippen LogP contribution in [0.5, 0.6) is 0 Å². The van der Waals surface area contributed by atoms with E-state index in [1.165, 1.54) is 5.56 Å². The van der Waals surface area contributed by atoms with Crippen molar-refractivity contribution < 1.29 is 9.90 Å². The second kappa shape index (κ2) is 7.79. The normalized spacial score (nSPS) is 10.7. The molecule has 0 saturated heterocycles. The van der Waals surface area contributed by atoms with Crippen LogP contribution in [0.25, 0.3) is 0 Å². The highest BCUT2D eigenvalue weighted by atomic mass is 16.4. The first-order chi connectivity index (χ1) is 9.06. The number of carboxylic acid groups (broad SMARTS) is 1. The first kappa shape index (κ1) is 15.5. The van der Waals surface area contributed by atoms with Gasteiger partial charge in [0.15, 0.2) is 0 Å². The number of benzene rings is 1. The molecule has 1 N–H and O–H groups in total. The average Bonchev–Trinajstić information content (AvgIpc) is 2.39. The van der Waals surface area contributed by atoms with Crippen LogP contribution in [0.2, 0.25) is 0 Å². The van der Waals surface area contributed by atoms with E-state index in [0.29, 0.717) is 0 Å². The van der Waals surface area contributed by atoms with Crippen LogP contribution in [-0.4, -0.2) is 48.7 Å². The lowest BCUT2D eigenvalue weighted by Gasteiger charge is -2.27. The average molecular weight is 264 g/mol. The summed E-state index contributed by atoms with van der Waals surface area (Å²) in [6.07, 6.45) is 0. The van der Waals surface area contributed by atoms with Gasteiger partial charge in [0.1, 0.15) is 6.54 Å². The molecule has 0 aliphatic rings. The largest absolute Gasteiger partial charge is 0.480 e. The van der Waals surface area contributed by atoms with Gasteiger partial charge in [0.2, 0.25) is 0 Å². The molecule has 1 aromatic carbocycles. The van der Waals surface area contributed by atoms with Crippen molar-refractivity contribution in [2.24, 2.45) is 0 Å². The summed E-state index contributed by atoms with van der Waals surface area (Å²) in [7, 11) is 0. The van der Waals surface area contributed by atoms with Gasteiger partial charge >= 0.3 is 5.97 Å². The van der Waals surface area contributed by atoms with E-state index < -0.39 is 5.97 Å². The Bertz CT molecular complexity index is 386. The van der Waals surface area contributed by atoms with Gasteiger partial charge in [-0.2, -0.15) is 0 Å². The summed E-state index contributed by atoms with van der Waals surface area (Å²) in [5, 5.41) is 9.02. The second-order valence-corrected chi connectivity index (χ2v) is 4.68. The fraction of sp³-hybridized carbons (Fsp3) is 0.533. The maximum Gasteiger partial charge on any atom is 0.323 e. The predicted molar refractivity (Wildman–Crippen MR) is 78.8 cm³/mol. The van der Waals surface area contributed by atoms with Crippen LogP contribution < -0.4 is 4.90 Å². The Morgan fingerprint density at radius 2 is 1.68 bits per heavy atom. The van der Waals surface area contributed by atoms with Gasteiger partial charge in [-0.25, -0.2) is 0 Å². The molecule has 0 aliphatic carbocycles. The molecule has 0 unspecified atom stereocenters. The topological polar surface area (TPSA) is 43.8 Å². The van der Waals surface area contributed by atoms with Crippen LogP contribution in [0.1, 0.15) is 19.4 Å². The third kappa shape index (κ3) is 5.30. The summed E-state index contributed by atoms with van der Waals surface area (Å²) in [4.78, 5) is 15.2. The van der Waals surface area contributed by atoms with Gasteiger partial charge < -0.3 is 14.9 Å². The number of anilines is 1. The molecule has 0 aliphatic heterocycles. The predicted octanol–water partition coefficient (Wildman–Crippen LogP) is 2.23. The standard InChI is InChI=1S/C15H24N2O2/c1-4-16(5-2)10-11-17(12-15(18)19)14-8-6-13(3)7-9-14/h6-9H,4-5,10-12H2,1-3H3,(H,18,19). The zero-order valence-electron chi connectivity index (χ0n) is 12.1. The molecule has 4 heteroatoms. The fourth-order valence-electron chi connectivity index (χ4n) is 2.02. The van der Waals surface area contributed by atoms with Crippen LogP contribution in [0.4, 0.5) is 5.69 Å². The van der Waals surface area contributed by atoms with Crippen LogP contribution >= 0.6 is 0 Å². The van der Waals surface area contributed by atoms with Gasteiger partial charge in [-0.1, -0.05) is 31.5 Å². The minimum absolute atomic E-state index is 0.0460. The Kier molecular flexibility index (Phi) is 6.36. The number of hydrogen-bond donors (Lipinski definition) is 1. The van der Waals surface area contributed by atoms with Crippen molar-refractivity contribution in [3.63, 3.8) is 0 Å². The minimum atomic E-state index is -0.792. The van der Waals surface area contributed by atoms with E-state index in [-0.39, 0.29) is 6.54 Å². The molecule has 19 heavy (non-hydrogen) atoms. The maximum atomic E-state index is 11.0. The third-order valence-corrected chi connectivity index (χ3v) is 3.31. The van der Waals surface area contributed by atoms with Crippen molar-refractivity contribution >= 4 is 11.7 Å². The van der Waals surface area contributed by atoms with Gasteiger partial charge in [-0.15, -0.1) is 0 Å². The summed E-state index contributed by atoms with van der Waals surface area (Å²) in [6, 6.07) is 8.00. The lowest BCUT2D eigenvalue weighted by atomic mass is 10.2. The molecule has 0 bridgehead atoms. The van der Waals surface area contributed by atoms with Crippen molar-refractivity contribution in [3.05, 3.63) is 29.8 Å². The van der Waals surface area contributed by atoms with Crippen molar-refractivity contribution in [1.29, 1.82) is 0 Å². The smallest absolute Gasteiger partial charge is 0.323 e. The van der Waals surface area contributed by atoms with E-state index in [1.807, 2.05) is 36.1 Å². The minimum Gasteiger partial charge on any atom is -0.480 e. The Balaban J connectivity index is 2.71.